The van der Waals surface area contributed by atoms with Crippen molar-refractivity contribution in [1.29, 1.82) is 0 Å². The molecule has 0 unspecified atom stereocenters. The quantitative estimate of drug-likeness (QED) is 0.481. The second-order valence-electron chi connectivity index (χ2n) is 2.79. The third-order valence-electron chi connectivity index (χ3n) is 1.91. The van der Waals surface area contributed by atoms with E-state index in [9.17, 15) is 0 Å². The summed E-state index contributed by atoms with van der Waals surface area (Å²) in [6, 6.07) is 7.56. The minimum absolute atomic E-state index is 0.682. The molecule has 0 atom stereocenters. The Hall–Kier alpha value is -2.01. The lowest BCUT2D eigenvalue weighted by molar-refractivity contribution is 1.39. The van der Waals surface area contributed by atoms with Crippen molar-refractivity contribution in [2.24, 2.45) is 0 Å². The number of rotatable bonds is 0. The lowest BCUT2D eigenvalue weighted by Gasteiger charge is -2.00. The van der Waals surface area contributed by atoms with Gasteiger partial charge in [0.05, 0.1) is 11.2 Å². The number of terminal acetylenes is 1. The van der Waals surface area contributed by atoms with Crippen LogP contribution in [0.3, 0.4) is 0 Å². The lowest BCUT2D eigenvalue weighted by atomic mass is 10.1. The number of pyridine rings is 1. The van der Waals surface area contributed by atoms with Gasteiger partial charge in [-0.25, -0.2) is 0 Å². The van der Waals surface area contributed by atoms with Gasteiger partial charge in [-0.3, -0.25) is 4.98 Å². The maximum Gasteiger partial charge on any atom is 0.0932 e. The summed E-state index contributed by atoms with van der Waals surface area (Å²) in [4.78, 5) is 4.18. The van der Waals surface area contributed by atoms with Crippen molar-refractivity contribution in [2.45, 2.75) is 0 Å². The molecular weight excluding hydrogens is 160 g/mol. The lowest BCUT2D eigenvalue weighted by Crippen LogP contribution is -1.89. The number of nitrogens with two attached hydrogens (primary N) is 1. The van der Waals surface area contributed by atoms with E-state index >= 15 is 0 Å². The van der Waals surface area contributed by atoms with Crippen molar-refractivity contribution < 1.29 is 0 Å². The van der Waals surface area contributed by atoms with Gasteiger partial charge in [0, 0.05) is 17.1 Å². The molecule has 0 spiro atoms. The van der Waals surface area contributed by atoms with Crippen LogP contribution in [0.2, 0.25) is 0 Å². The largest absolute Gasteiger partial charge is 0.397 e. The Bertz CT molecular complexity index is 495. The molecule has 0 radical (unpaired) electrons. The molecule has 2 nitrogen and oxygen atoms in total. The number of hydrogen-bond donors (Lipinski definition) is 1. The number of anilines is 1. The zero-order valence-corrected chi connectivity index (χ0v) is 6.99. The normalized spacial score (nSPS) is 9.77. The molecule has 62 valence electrons. The fourth-order valence-corrected chi connectivity index (χ4v) is 1.26. The first kappa shape index (κ1) is 7.63. The van der Waals surface area contributed by atoms with Gasteiger partial charge in [-0.2, -0.15) is 0 Å². The molecule has 0 bridgehead atoms. The summed E-state index contributed by atoms with van der Waals surface area (Å²) in [5.74, 6) is 2.54. The van der Waals surface area contributed by atoms with Crippen LogP contribution in [0.4, 0.5) is 5.69 Å². The molecule has 0 aliphatic rings. The van der Waals surface area contributed by atoms with Crippen LogP contribution in [0, 0.1) is 12.3 Å². The van der Waals surface area contributed by atoms with E-state index in [1.807, 2.05) is 24.3 Å². The smallest absolute Gasteiger partial charge is 0.0932 e. The number of benzene rings is 1. The highest BCUT2D eigenvalue weighted by molar-refractivity contribution is 5.89. The number of nitrogens with zero attached hydrogens (tertiary/aromatic N) is 1. The van der Waals surface area contributed by atoms with Crippen LogP contribution in [0.1, 0.15) is 5.56 Å². The monoisotopic (exact) mass is 168 g/mol. The second kappa shape index (κ2) is 2.80. The highest BCUT2D eigenvalue weighted by Crippen LogP contribution is 2.18. The summed E-state index contributed by atoms with van der Waals surface area (Å²) < 4.78 is 0. The number of fused-ring (bicyclic) bond motifs is 1. The van der Waals surface area contributed by atoms with Crippen molar-refractivity contribution in [3.05, 3.63) is 36.0 Å². The van der Waals surface area contributed by atoms with E-state index in [0.29, 0.717) is 5.69 Å². The predicted molar refractivity (Wildman–Crippen MR) is 54.1 cm³/mol. The zero-order valence-electron chi connectivity index (χ0n) is 6.99. The second-order valence-corrected chi connectivity index (χ2v) is 2.79. The minimum Gasteiger partial charge on any atom is -0.397 e. The van der Waals surface area contributed by atoms with Crippen molar-refractivity contribution in [3.8, 4) is 12.3 Å². The van der Waals surface area contributed by atoms with E-state index in [4.69, 9.17) is 12.2 Å². The fourth-order valence-electron chi connectivity index (χ4n) is 1.26. The predicted octanol–water partition coefficient (Wildman–Crippen LogP) is 1.80. The topological polar surface area (TPSA) is 38.9 Å². The van der Waals surface area contributed by atoms with Crippen LogP contribution in [0.15, 0.2) is 30.5 Å². The minimum atomic E-state index is 0.682. The molecule has 1 aromatic carbocycles. The zero-order chi connectivity index (χ0) is 9.26. The van der Waals surface area contributed by atoms with Gasteiger partial charge in [-0.05, 0) is 12.1 Å². The summed E-state index contributed by atoms with van der Waals surface area (Å²) in [6.07, 6.45) is 6.91. The maximum absolute atomic E-state index is 5.73. The van der Waals surface area contributed by atoms with E-state index in [-0.39, 0.29) is 0 Å². The summed E-state index contributed by atoms with van der Waals surface area (Å²) in [7, 11) is 0. The van der Waals surface area contributed by atoms with Crippen LogP contribution in [0.5, 0.6) is 0 Å². The van der Waals surface area contributed by atoms with Crippen molar-refractivity contribution in [2.75, 3.05) is 5.73 Å². The molecular formula is C11H8N2. The number of aromatic nitrogens is 1. The summed E-state index contributed by atoms with van der Waals surface area (Å²) >= 11 is 0. The van der Waals surface area contributed by atoms with Gasteiger partial charge in [-0.15, -0.1) is 6.42 Å². The van der Waals surface area contributed by atoms with E-state index in [1.165, 1.54) is 0 Å². The van der Waals surface area contributed by atoms with E-state index in [1.54, 1.807) is 6.20 Å². The summed E-state index contributed by atoms with van der Waals surface area (Å²) in [5.41, 5.74) is 8.00. The highest BCUT2D eigenvalue weighted by Gasteiger charge is 1.98. The Morgan fingerprint density at radius 2 is 2.23 bits per heavy atom. The molecule has 0 amide bonds. The van der Waals surface area contributed by atoms with Crippen LogP contribution in [-0.2, 0) is 0 Å². The van der Waals surface area contributed by atoms with Crippen molar-refractivity contribution >= 4 is 16.6 Å². The Morgan fingerprint density at radius 1 is 1.38 bits per heavy atom. The van der Waals surface area contributed by atoms with Crippen molar-refractivity contribution in [1.82, 2.24) is 4.98 Å². The Morgan fingerprint density at radius 3 is 3.00 bits per heavy atom. The SMILES string of the molecule is C#Cc1cnc2c(N)cccc2c1. The standard InChI is InChI=1S/C11H8N2/c1-2-8-6-9-4-3-5-10(12)11(9)13-7-8/h1,3-7H,12H2. The molecule has 1 heterocycles. The maximum atomic E-state index is 5.73. The van der Waals surface area contributed by atoms with Gasteiger partial charge >= 0.3 is 0 Å². The number of nitrogen functional groups attached to an aromatic ring is 1. The van der Waals surface area contributed by atoms with Crippen LogP contribution in [-0.4, -0.2) is 4.98 Å². The van der Waals surface area contributed by atoms with Gasteiger partial charge in [0.1, 0.15) is 0 Å². The summed E-state index contributed by atoms with van der Waals surface area (Å²) in [6.45, 7) is 0. The van der Waals surface area contributed by atoms with Gasteiger partial charge in [0.2, 0.25) is 0 Å². The molecule has 2 aromatic rings. The molecule has 0 saturated heterocycles. The summed E-state index contributed by atoms with van der Waals surface area (Å²) in [5, 5.41) is 0.982. The van der Waals surface area contributed by atoms with E-state index in [2.05, 4.69) is 10.9 Å². The van der Waals surface area contributed by atoms with Crippen molar-refractivity contribution in [3.63, 3.8) is 0 Å². The van der Waals surface area contributed by atoms with E-state index in [0.717, 1.165) is 16.5 Å². The van der Waals surface area contributed by atoms with Gasteiger partial charge in [0.15, 0.2) is 0 Å². The van der Waals surface area contributed by atoms with E-state index < -0.39 is 0 Å². The molecule has 2 N–H and O–H groups in total. The molecule has 1 aromatic heterocycles. The van der Waals surface area contributed by atoms with Gasteiger partial charge in [-0.1, -0.05) is 18.1 Å². The average Bonchev–Trinajstić information content (AvgIpc) is 2.18. The third-order valence-corrected chi connectivity index (χ3v) is 1.91. The van der Waals surface area contributed by atoms with Crippen LogP contribution >= 0.6 is 0 Å². The first-order valence-electron chi connectivity index (χ1n) is 3.92. The Balaban J connectivity index is 2.82. The molecule has 2 rings (SSSR count). The fraction of sp³-hybridized carbons (Fsp3) is 0. The molecule has 0 aliphatic carbocycles. The Labute approximate surface area is 76.4 Å². The molecule has 0 saturated carbocycles. The number of para-hydroxylation sites is 1. The molecule has 0 fully saturated rings. The average molecular weight is 168 g/mol. The molecule has 2 heteroatoms. The highest BCUT2D eigenvalue weighted by atomic mass is 14.7. The Kier molecular flexibility index (Phi) is 1.64. The van der Waals surface area contributed by atoms with Gasteiger partial charge in [0.25, 0.3) is 0 Å². The first-order chi connectivity index (χ1) is 6.31. The third kappa shape index (κ3) is 1.21. The molecule has 0 aliphatic heterocycles. The molecule has 13 heavy (non-hydrogen) atoms. The van der Waals surface area contributed by atoms with Crippen LogP contribution in [0.25, 0.3) is 10.9 Å². The number of hydrogen-bond acceptors (Lipinski definition) is 2. The first-order valence-corrected chi connectivity index (χ1v) is 3.92. The van der Waals surface area contributed by atoms with Gasteiger partial charge < -0.3 is 5.73 Å². The van der Waals surface area contributed by atoms with Crippen LogP contribution < -0.4 is 5.73 Å².